The van der Waals surface area contributed by atoms with Crippen molar-refractivity contribution in [2.75, 3.05) is 6.61 Å². The molecular formula is C13H26O2. The monoisotopic (exact) mass is 214 g/mol. The molecule has 2 unspecified atom stereocenters. The third-order valence-corrected chi connectivity index (χ3v) is 3.53. The molecule has 1 rings (SSSR count). The summed E-state index contributed by atoms with van der Waals surface area (Å²) in [6.07, 6.45) is 8.78. The molecule has 2 nitrogen and oxygen atoms in total. The maximum Gasteiger partial charge on any atom is 0.0961 e. The molecule has 0 aliphatic carbocycles. The maximum absolute atomic E-state index is 10.1. The molecule has 0 bridgehead atoms. The number of rotatable bonds is 8. The lowest BCUT2D eigenvalue weighted by Crippen LogP contribution is -2.53. The molecule has 1 fully saturated rings. The van der Waals surface area contributed by atoms with Gasteiger partial charge >= 0.3 is 0 Å². The van der Waals surface area contributed by atoms with E-state index in [1.165, 1.54) is 19.3 Å². The van der Waals surface area contributed by atoms with Gasteiger partial charge in [-0.15, -0.1) is 0 Å². The molecule has 0 aromatic rings. The summed E-state index contributed by atoms with van der Waals surface area (Å²) in [7, 11) is 0. The van der Waals surface area contributed by atoms with E-state index in [0.29, 0.717) is 0 Å². The summed E-state index contributed by atoms with van der Waals surface area (Å²) < 4.78 is 5.63. The van der Waals surface area contributed by atoms with E-state index in [1.807, 2.05) is 0 Å². The summed E-state index contributed by atoms with van der Waals surface area (Å²) >= 11 is 0. The average Bonchev–Trinajstić information content (AvgIpc) is 2.18. The van der Waals surface area contributed by atoms with Crippen LogP contribution in [0.4, 0.5) is 0 Å². The van der Waals surface area contributed by atoms with Crippen LogP contribution in [0.1, 0.15) is 65.2 Å². The normalized spacial score (nSPS) is 27.4. The lowest BCUT2D eigenvalue weighted by atomic mass is 9.82. The van der Waals surface area contributed by atoms with Crippen LogP contribution >= 0.6 is 0 Å². The molecule has 15 heavy (non-hydrogen) atoms. The van der Waals surface area contributed by atoms with Crippen LogP contribution in [0, 0.1) is 0 Å². The van der Waals surface area contributed by atoms with E-state index in [9.17, 15) is 5.11 Å². The average molecular weight is 214 g/mol. The van der Waals surface area contributed by atoms with Crippen molar-refractivity contribution in [1.82, 2.24) is 0 Å². The molecule has 0 saturated carbocycles. The van der Waals surface area contributed by atoms with Gasteiger partial charge in [0.15, 0.2) is 0 Å². The molecule has 2 atom stereocenters. The van der Waals surface area contributed by atoms with Gasteiger partial charge in [0.05, 0.1) is 18.3 Å². The Morgan fingerprint density at radius 1 is 1.20 bits per heavy atom. The Bertz CT molecular complexity index is 164. The fourth-order valence-corrected chi connectivity index (χ4v) is 2.44. The van der Waals surface area contributed by atoms with Gasteiger partial charge in [0.25, 0.3) is 0 Å². The summed E-state index contributed by atoms with van der Waals surface area (Å²) in [5.41, 5.74) is -0.166. The van der Waals surface area contributed by atoms with Gasteiger partial charge < -0.3 is 9.84 Å². The SMILES string of the molecule is CCCCCCC(O)C1(CCC)CCO1. The Hall–Kier alpha value is -0.0800. The summed E-state index contributed by atoms with van der Waals surface area (Å²) in [5, 5.41) is 10.1. The van der Waals surface area contributed by atoms with Crippen LogP contribution in [0.25, 0.3) is 0 Å². The smallest absolute Gasteiger partial charge is 0.0961 e. The van der Waals surface area contributed by atoms with Gasteiger partial charge in [0.1, 0.15) is 0 Å². The summed E-state index contributed by atoms with van der Waals surface area (Å²) in [5.74, 6) is 0. The van der Waals surface area contributed by atoms with Crippen LogP contribution in [-0.4, -0.2) is 23.4 Å². The Labute approximate surface area is 94.0 Å². The second-order valence-corrected chi connectivity index (χ2v) is 4.78. The van der Waals surface area contributed by atoms with Crippen LogP contribution in [0.3, 0.4) is 0 Å². The number of aliphatic hydroxyl groups is 1. The highest BCUT2D eigenvalue weighted by molar-refractivity contribution is 4.93. The lowest BCUT2D eigenvalue weighted by molar-refractivity contribution is -0.210. The van der Waals surface area contributed by atoms with E-state index in [4.69, 9.17) is 4.74 Å². The minimum absolute atomic E-state index is 0.166. The maximum atomic E-state index is 10.1. The van der Waals surface area contributed by atoms with Crippen LogP contribution in [0.2, 0.25) is 0 Å². The van der Waals surface area contributed by atoms with E-state index < -0.39 is 0 Å². The van der Waals surface area contributed by atoms with E-state index in [1.54, 1.807) is 0 Å². The van der Waals surface area contributed by atoms with Gasteiger partial charge in [-0.1, -0.05) is 46.0 Å². The second-order valence-electron chi connectivity index (χ2n) is 4.78. The second kappa shape index (κ2) is 6.49. The Kier molecular flexibility index (Phi) is 5.62. The number of unbranched alkanes of at least 4 members (excludes halogenated alkanes) is 3. The van der Waals surface area contributed by atoms with Gasteiger partial charge in [-0.3, -0.25) is 0 Å². The number of hydrogen-bond acceptors (Lipinski definition) is 2. The molecule has 0 amide bonds. The summed E-state index contributed by atoms with van der Waals surface area (Å²) in [6, 6.07) is 0. The molecule has 1 heterocycles. The first-order chi connectivity index (χ1) is 7.25. The highest BCUT2D eigenvalue weighted by atomic mass is 16.5. The molecule has 0 aromatic heterocycles. The quantitative estimate of drug-likeness (QED) is 0.628. The highest BCUT2D eigenvalue weighted by Gasteiger charge is 2.43. The molecule has 1 aliphatic rings. The van der Waals surface area contributed by atoms with Gasteiger partial charge in [-0.25, -0.2) is 0 Å². The number of ether oxygens (including phenoxy) is 1. The zero-order valence-corrected chi connectivity index (χ0v) is 10.3. The zero-order valence-electron chi connectivity index (χ0n) is 10.3. The third kappa shape index (κ3) is 3.46. The van der Waals surface area contributed by atoms with E-state index in [2.05, 4.69) is 13.8 Å². The van der Waals surface area contributed by atoms with E-state index in [0.717, 1.165) is 38.7 Å². The van der Waals surface area contributed by atoms with Crippen LogP contribution < -0.4 is 0 Å². The van der Waals surface area contributed by atoms with Crippen LogP contribution in [0.15, 0.2) is 0 Å². The fraction of sp³-hybridized carbons (Fsp3) is 1.00. The van der Waals surface area contributed by atoms with E-state index >= 15 is 0 Å². The Balaban J connectivity index is 2.21. The predicted molar refractivity (Wildman–Crippen MR) is 63.0 cm³/mol. The van der Waals surface area contributed by atoms with Crippen molar-refractivity contribution in [1.29, 1.82) is 0 Å². The molecule has 0 radical (unpaired) electrons. The first-order valence-electron chi connectivity index (χ1n) is 6.57. The molecule has 2 heteroatoms. The molecule has 1 aliphatic heterocycles. The molecule has 1 saturated heterocycles. The van der Waals surface area contributed by atoms with Crippen molar-refractivity contribution in [3.05, 3.63) is 0 Å². The summed E-state index contributed by atoms with van der Waals surface area (Å²) in [6.45, 7) is 5.21. The molecule has 90 valence electrons. The third-order valence-electron chi connectivity index (χ3n) is 3.53. The first kappa shape index (κ1) is 13.0. The number of hydrogen-bond donors (Lipinski definition) is 1. The zero-order chi connectivity index (χ0) is 11.1. The topological polar surface area (TPSA) is 29.5 Å². The standard InChI is InChI=1S/C13H26O2/c1-3-5-6-7-8-12(14)13(9-4-2)10-11-15-13/h12,14H,3-11H2,1-2H3. The van der Waals surface area contributed by atoms with E-state index in [-0.39, 0.29) is 11.7 Å². The molecular weight excluding hydrogens is 188 g/mol. The van der Waals surface area contributed by atoms with Crippen molar-refractivity contribution in [2.45, 2.75) is 76.9 Å². The first-order valence-corrected chi connectivity index (χ1v) is 6.57. The lowest BCUT2D eigenvalue weighted by Gasteiger charge is -2.45. The van der Waals surface area contributed by atoms with Crippen LogP contribution in [-0.2, 0) is 4.74 Å². The Morgan fingerprint density at radius 3 is 2.40 bits per heavy atom. The fourth-order valence-electron chi connectivity index (χ4n) is 2.44. The number of aliphatic hydroxyl groups excluding tert-OH is 1. The van der Waals surface area contributed by atoms with Gasteiger partial charge in [-0.2, -0.15) is 0 Å². The Morgan fingerprint density at radius 2 is 1.93 bits per heavy atom. The van der Waals surface area contributed by atoms with Crippen molar-refractivity contribution in [3.8, 4) is 0 Å². The molecule has 0 aromatic carbocycles. The van der Waals surface area contributed by atoms with Crippen molar-refractivity contribution >= 4 is 0 Å². The highest BCUT2D eigenvalue weighted by Crippen LogP contribution is 2.36. The van der Waals surface area contributed by atoms with Gasteiger partial charge in [-0.05, 0) is 12.8 Å². The van der Waals surface area contributed by atoms with Gasteiger partial charge in [0.2, 0.25) is 0 Å². The largest absolute Gasteiger partial charge is 0.390 e. The van der Waals surface area contributed by atoms with Gasteiger partial charge in [0, 0.05) is 6.42 Å². The van der Waals surface area contributed by atoms with Crippen molar-refractivity contribution in [2.24, 2.45) is 0 Å². The minimum Gasteiger partial charge on any atom is -0.390 e. The van der Waals surface area contributed by atoms with Crippen molar-refractivity contribution < 1.29 is 9.84 Å². The van der Waals surface area contributed by atoms with Crippen LogP contribution in [0.5, 0.6) is 0 Å². The minimum atomic E-state index is -0.233. The summed E-state index contributed by atoms with van der Waals surface area (Å²) in [4.78, 5) is 0. The predicted octanol–water partition coefficient (Wildman–Crippen LogP) is 3.28. The molecule has 0 spiro atoms. The molecule has 1 N–H and O–H groups in total. The van der Waals surface area contributed by atoms with Crippen molar-refractivity contribution in [3.63, 3.8) is 0 Å².